The number of carbonyl (C=O) groups excluding carboxylic acids is 1. The summed E-state index contributed by atoms with van der Waals surface area (Å²) in [5.74, 6) is 0.923. The minimum Gasteiger partial charge on any atom is -0.497 e. The molecular weight excluding hydrogens is 268 g/mol. The van der Waals surface area contributed by atoms with Gasteiger partial charge in [-0.25, -0.2) is 0 Å². The maximum atomic E-state index is 11.8. The zero-order valence-corrected chi connectivity index (χ0v) is 12.6. The van der Waals surface area contributed by atoms with Gasteiger partial charge in [-0.3, -0.25) is 4.79 Å². The maximum absolute atomic E-state index is 11.8. The van der Waals surface area contributed by atoms with Gasteiger partial charge in [-0.05, 0) is 37.0 Å². The van der Waals surface area contributed by atoms with E-state index in [0.717, 1.165) is 31.6 Å². The predicted octanol–water partition coefficient (Wildman–Crippen LogP) is 1.12. The minimum absolute atomic E-state index is 0.0409. The number of ether oxygens (including phenoxy) is 2. The molecule has 2 rings (SSSR count). The molecule has 0 aliphatic carbocycles. The van der Waals surface area contributed by atoms with Gasteiger partial charge >= 0.3 is 0 Å². The van der Waals surface area contributed by atoms with Crippen molar-refractivity contribution in [3.63, 3.8) is 0 Å². The summed E-state index contributed by atoms with van der Waals surface area (Å²) in [5.41, 5.74) is 1.30. The molecule has 0 aromatic heterocycles. The van der Waals surface area contributed by atoms with Crippen molar-refractivity contribution in [1.82, 2.24) is 10.6 Å². The number of methoxy groups -OCH3 is 1. The normalized spacial score (nSPS) is 18.2. The highest BCUT2D eigenvalue weighted by Gasteiger charge is 2.20. The van der Waals surface area contributed by atoms with Crippen LogP contribution < -0.4 is 15.4 Å². The highest BCUT2D eigenvalue weighted by molar-refractivity contribution is 5.81. The van der Waals surface area contributed by atoms with Gasteiger partial charge in [0.2, 0.25) is 5.91 Å². The SMILES string of the molecule is COc1ccc(CCCCNC(=O)C2COCCN2)cc1. The number of rotatable bonds is 7. The van der Waals surface area contributed by atoms with Crippen LogP contribution in [0.1, 0.15) is 18.4 Å². The van der Waals surface area contributed by atoms with Crippen LogP contribution >= 0.6 is 0 Å². The van der Waals surface area contributed by atoms with Crippen LogP contribution in [0.15, 0.2) is 24.3 Å². The lowest BCUT2D eigenvalue weighted by Crippen LogP contribution is -2.51. The van der Waals surface area contributed by atoms with Gasteiger partial charge in [-0.15, -0.1) is 0 Å². The Morgan fingerprint density at radius 2 is 2.19 bits per heavy atom. The molecular formula is C16H24N2O3. The maximum Gasteiger partial charge on any atom is 0.239 e. The lowest BCUT2D eigenvalue weighted by atomic mass is 10.1. The molecule has 1 saturated heterocycles. The summed E-state index contributed by atoms with van der Waals surface area (Å²) in [7, 11) is 1.67. The van der Waals surface area contributed by atoms with E-state index in [1.54, 1.807) is 7.11 Å². The molecule has 1 fully saturated rings. The van der Waals surface area contributed by atoms with E-state index in [1.165, 1.54) is 5.56 Å². The Bertz CT molecular complexity index is 428. The molecule has 5 nitrogen and oxygen atoms in total. The molecule has 1 heterocycles. The molecule has 5 heteroatoms. The number of unbranched alkanes of at least 4 members (excludes halogenated alkanes) is 1. The summed E-state index contributed by atoms with van der Waals surface area (Å²) in [6.07, 6.45) is 3.05. The fraction of sp³-hybridized carbons (Fsp3) is 0.562. The van der Waals surface area contributed by atoms with Gasteiger partial charge in [0.05, 0.1) is 20.3 Å². The second kappa shape index (κ2) is 8.64. The van der Waals surface area contributed by atoms with Gasteiger partial charge in [0.25, 0.3) is 0 Å². The first-order valence-corrected chi connectivity index (χ1v) is 7.51. The van der Waals surface area contributed by atoms with Crippen LogP contribution in [-0.4, -0.2) is 45.4 Å². The van der Waals surface area contributed by atoms with E-state index in [0.29, 0.717) is 19.8 Å². The smallest absolute Gasteiger partial charge is 0.239 e. The Balaban J connectivity index is 1.57. The molecule has 0 radical (unpaired) electrons. The van der Waals surface area contributed by atoms with Gasteiger partial charge in [0, 0.05) is 13.1 Å². The molecule has 1 atom stereocenters. The van der Waals surface area contributed by atoms with Crippen molar-refractivity contribution in [3.05, 3.63) is 29.8 Å². The Kier molecular flexibility index (Phi) is 6.50. The topological polar surface area (TPSA) is 59.6 Å². The van der Waals surface area contributed by atoms with Crippen molar-refractivity contribution in [2.75, 3.05) is 33.4 Å². The van der Waals surface area contributed by atoms with Crippen LogP contribution in [0.25, 0.3) is 0 Å². The van der Waals surface area contributed by atoms with Crippen molar-refractivity contribution < 1.29 is 14.3 Å². The second-order valence-corrected chi connectivity index (χ2v) is 5.18. The number of nitrogens with one attached hydrogen (secondary N) is 2. The van der Waals surface area contributed by atoms with Crippen molar-refractivity contribution in [1.29, 1.82) is 0 Å². The third kappa shape index (κ3) is 5.36. The van der Waals surface area contributed by atoms with Crippen molar-refractivity contribution in [2.24, 2.45) is 0 Å². The highest BCUT2D eigenvalue weighted by Crippen LogP contribution is 2.12. The fourth-order valence-electron chi connectivity index (χ4n) is 2.31. The van der Waals surface area contributed by atoms with Crippen LogP contribution in [0.4, 0.5) is 0 Å². The third-order valence-corrected chi connectivity index (χ3v) is 3.59. The first-order valence-electron chi connectivity index (χ1n) is 7.51. The largest absolute Gasteiger partial charge is 0.497 e. The molecule has 0 bridgehead atoms. The average molecular weight is 292 g/mol. The quantitative estimate of drug-likeness (QED) is 0.740. The predicted molar refractivity (Wildman–Crippen MR) is 81.6 cm³/mol. The minimum atomic E-state index is -0.194. The van der Waals surface area contributed by atoms with Gasteiger partial charge < -0.3 is 20.1 Å². The Morgan fingerprint density at radius 1 is 1.38 bits per heavy atom. The van der Waals surface area contributed by atoms with Gasteiger partial charge in [0.1, 0.15) is 11.8 Å². The Hall–Kier alpha value is -1.59. The van der Waals surface area contributed by atoms with Crippen LogP contribution in [-0.2, 0) is 16.0 Å². The first-order chi connectivity index (χ1) is 10.3. The standard InChI is InChI=1S/C16H24N2O3/c1-20-14-7-5-13(6-8-14)4-2-3-9-18-16(19)15-12-21-11-10-17-15/h5-8,15,17H,2-4,9-12H2,1H3,(H,18,19). The molecule has 0 spiro atoms. The van der Waals surface area contributed by atoms with Gasteiger partial charge in [-0.2, -0.15) is 0 Å². The van der Waals surface area contributed by atoms with E-state index in [-0.39, 0.29) is 11.9 Å². The van der Waals surface area contributed by atoms with Crippen LogP contribution in [0.5, 0.6) is 5.75 Å². The van der Waals surface area contributed by atoms with Crippen LogP contribution in [0, 0.1) is 0 Å². The molecule has 1 aromatic rings. The van der Waals surface area contributed by atoms with Crippen molar-refractivity contribution in [2.45, 2.75) is 25.3 Å². The Labute approximate surface area is 126 Å². The summed E-state index contributed by atoms with van der Waals surface area (Å²) in [4.78, 5) is 11.8. The molecule has 2 N–H and O–H groups in total. The van der Waals surface area contributed by atoms with Crippen LogP contribution in [0.3, 0.4) is 0 Å². The summed E-state index contributed by atoms with van der Waals surface area (Å²) in [6.45, 7) is 2.62. The third-order valence-electron chi connectivity index (χ3n) is 3.59. The average Bonchev–Trinajstić information content (AvgIpc) is 2.55. The molecule has 1 aliphatic heterocycles. The molecule has 21 heavy (non-hydrogen) atoms. The molecule has 1 aromatic carbocycles. The fourth-order valence-corrected chi connectivity index (χ4v) is 2.31. The summed E-state index contributed by atoms with van der Waals surface area (Å²) < 4.78 is 10.4. The molecule has 1 unspecified atom stereocenters. The van der Waals surface area contributed by atoms with E-state index < -0.39 is 0 Å². The summed E-state index contributed by atoms with van der Waals surface area (Å²) in [5, 5.41) is 6.10. The number of carbonyl (C=O) groups is 1. The van der Waals surface area contributed by atoms with E-state index in [1.807, 2.05) is 12.1 Å². The van der Waals surface area contributed by atoms with Gasteiger partial charge in [-0.1, -0.05) is 12.1 Å². The zero-order valence-electron chi connectivity index (χ0n) is 12.6. The van der Waals surface area contributed by atoms with Gasteiger partial charge in [0.15, 0.2) is 0 Å². The number of hydrogen-bond donors (Lipinski definition) is 2. The van der Waals surface area contributed by atoms with E-state index in [9.17, 15) is 4.79 Å². The Morgan fingerprint density at radius 3 is 2.86 bits per heavy atom. The number of benzene rings is 1. The lowest BCUT2D eigenvalue weighted by Gasteiger charge is -2.22. The molecule has 1 aliphatic rings. The molecule has 116 valence electrons. The van der Waals surface area contributed by atoms with E-state index in [4.69, 9.17) is 9.47 Å². The second-order valence-electron chi connectivity index (χ2n) is 5.18. The highest BCUT2D eigenvalue weighted by atomic mass is 16.5. The number of hydrogen-bond acceptors (Lipinski definition) is 4. The lowest BCUT2D eigenvalue weighted by molar-refractivity contribution is -0.125. The monoisotopic (exact) mass is 292 g/mol. The van der Waals surface area contributed by atoms with E-state index in [2.05, 4.69) is 22.8 Å². The van der Waals surface area contributed by atoms with E-state index >= 15 is 0 Å². The molecule has 0 saturated carbocycles. The van der Waals surface area contributed by atoms with Crippen molar-refractivity contribution in [3.8, 4) is 5.75 Å². The van der Waals surface area contributed by atoms with Crippen molar-refractivity contribution >= 4 is 5.91 Å². The molecule has 1 amide bonds. The summed E-state index contributed by atoms with van der Waals surface area (Å²) >= 11 is 0. The number of aryl methyl sites for hydroxylation is 1. The number of morpholine rings is 1. The first kappa shape index (κ1) is 15.8. The zero-order chi connectivity index (χ0) is 14.9. The summed E-state index contributed by atoms with van der Waals surface area (Å²) in [6, 6.07) is 7.93. The number of amides is 1. The van der Waals surface area contributed by atoms with Crippen LogP contribution in [0.2, 0.25) is 0 Å².